The van der Waals surface area contributed by atoms with Crippen LogP contribution in [0.4, 0.5) is 8.78 Å². The van der Waals surface area contributed by atoms with Gasteiger partial charge in [0.05, 0.1) is 4.90 Å². The van der Waals surface area contributed by atoms with E-state index in [0.717, 1.165) is 37.4 Å². The smallest absolute Gasteiger partial charge is 0.273 e. The van der Waals surface area contributed by atoms with Gasteiger partial charge < -0.3 is 0 Å². The number of pyridine rings is 1. The number of alkyl halides is 2. The molecule has 1 saturated heterocycles. The van der Waals surface area contributed by atoms with Crippen LogP contribution in [0.2, 0.25) is 0 Å². The molecule has 150 valence electrons. The molecule has 0 spiro atoms. The summed E-state index contributed by atoms with van der Waals surface area (Å²) < 4.78 is 52.6. The van der Waals surface area contributed by atoms with Crippen molar-refractivity contribution in [2.45, 2.75) is 55.0 Å². The predicted octanol–water partition coefficient (Wildman–Crippen LogP) is 5.16. The second kappa shape index (κ2) is 7.35. The summed E-state index contributed by atoms with van der Waals surface area (Å²) in [6.07, 6.45) is 6.60. The fraction of sp³-hybridized carbons (Fsp3) is 0.450. The van der Waals surface area contributed by atoms with Gasteiger partial charge >= 0.3 is 0 Å². The lowest BCUT2D eigenvalue weighted by molar-refractivity contribution is -0.0422. The molecule has 4 nitrogen and oxygen atoms in total. The van der Waals surface area contributed by atoms with E-state index in [-0.39, 0.29) is 29.0 Å². The van der Waals surface area contributed by atoms with Crippen molar-refractivity contribution in [2.75, 3.05) is 6.54 Å². The largest absolute Gasteiger partial charge is 0.289 e. The van der Waals surface area contributed by atoms with E-state index in [0.29, 0.717) is 12.0 Å². The Hall–Kier alpha value is -1.57. The Balaban J connectivity index is 1.77. The SMILES string of the molecule is O=S(=O)(Cl)c1ccc2c(c1)C(F)(F)CCC2N1CCCC[C@H]1c1cccnc1. The summed E-state index contributed by atoms with van der Waals surface area (Å²) in [5.41, 5.74) is 1.36. The summed E-state index contributed by atoms with van der Waals surface area (Å²) in [7, 11) is 1.33. The van der Waals surface area contributed by atoms with Crippen LogP contribution in [0.25, 0.3) is 0 Å². The Morgan fingerprint density at radius 3 is 2.68 bits per heavy atom. The molecule has 0 N–H and O–H groups in total. The van der Waals surface area contributed by atoms with Crippen LogP contribution in [0.15, 0.2) is 47.6 Å². The Morgan fingerprint density at radius 2 is 1.96 bits per heavy atom. The lowest BCUT2D eigenvalue weighted by Crippen LogP contribution is -2.40. The first-order valence-corrected chi connectivity index (χ1v) is 11.7. The van der Waals surface area contributed by atoms with Crippen LogP contribution in [0.3, 0.4) is 0 Å². The number of halogens is 3. The topological polar surface area (TPSA) is 50.3 Å². The number of aromatic nitrogens is 1. The van der Waals surface area contributed by atoms with Gasteiger partial charge in [0.15, 0.2) is 0 Å². The third-order valence-corrected chi connectivity index (χ3v) is 7.16. The summed E-state index contributed by atoms with van der Waals surface area (Å²) in [4.78, 5) is 6.22. The number of benzene rings is 1. The molecular formula is C20H21ClF2N2O2S. The average Bonchev–Trinajstić information content (AvgIpc) is 2.68. The van der Waals surface area contributed by atoms with Gasteiger partial charge in [-0.1, -0.05) is 18.6 Å². The van der Waals surface area contributed by atoms with E-state index in [9.17, 15) is 17.2 Å². The number of fused-ring (bicyclic) bond motifs is 1. The van der Waals surface area contributed by atoms with Gasteiger partial charge in [-0.3, -0.25) is 9.88 Å². The van der Waals surface area contributed by atoms with Crippen LogP contribution in [0.1, 0.15) is 60.9 Å². The number of nitrogens with zero attached hydrogens (tertiary/aromatic N) is 2. The van der Waals surface area contributed by atoms with Crippen LogP contribution in [0, 0.1) is 0 Å². The molecule has 1 aliphatic heterocycles. The molecule has 1 unspecified atom stereocenters. The molecule has 1 aromatic carbocycles. The first-order valence-electron chi connectivity index (χ1n) is 9.40. The maximum atomic E-state index is 14.7. The number of piperidine rings is 1. The van der Waals surface area contributed by atoms with Crippen molar-refractivity contribution in [3.63, 3.8) is 0 Å². The molecule has 8 heteroatoms. The summed E-state index contributed by atoms with van der Waals surface area (Å²) in [6.45, 7) is 0.810. The highest BCUT2D eigenvalue weighted by molar-refractivity contribution is 8.13. The highest BCUT2D eigenvalue weighted by Crippen LogP contribution is 2.50. The van der Waals surface area contributed by atoms with Gasteiger partial charge in [-0.05, 0) is 55.1 Å². The second-order valence-electron chi connectivity index (χ2n) is 7.48. The van der Waals surface area contributed by atoms with Gasteiger partial charge in [-0.15, -0.1) is 0 Å². The predicted molar refractivity (Wildman–Crippen MR) is 103 cm³/mol. The maximum Gasteiger partial charge on any atom is 0.273 e. The van der Waals surface area contributed by atoms with Crippen LogP contribution in [-0.2, 0) is 15.0 Å². The Bertz CT molecular complexity index is 969. The van der Waals surface area contributed by atoms with Gasteiger partial charge in [0.2, 0.25) is 0 Å². The molecule has 0 bridgehead atoms. The number of rotatable bonds is 3. The van der Waals surface area contributed by atoms with E-state index in [1.54, 1.807) is 6.20 Å². The molecule has 2 aliphatic rings. The van der Waals surface area contributed by atoms with Gasteiger partial charge in [0.25, 0.3) is 15.0 Å². The van der Waals surface area contributed by atoms with Crippen molar-refractivity contribution in [1.82, 2.24) is 9.88 Å². The van der Waals surface area contributed by atoms with Gasteiger partial charge in [-0.25, -0.2) is 17.2 Å². The minimum atomic E-state index is -4.07. The van der Waals surface area contributed by atoms with Crippen molar-refractivity contribution < 1.29 is 17.2 Å². The molecular weight excluding hydrogens is 406 g/mol. The van der Waals surface area contributed by atoms with Crippen LogP contribution in [0.5, 0.6) is 0 Å². The molecule has 1 aromatic heterocycles. The van der Waals surface area contributed by atoms with Crippen LogP contribution in [-0.4, -0.2) is 24.8 Å². The molecule has 0 saturated carbocycles. The highest BCUT2D eigenvalue weighted by Gasteiger charge is 2.44. The normalized spacial score (nSPS) is 25.2. The van der Waals surface area contributed by atoms with E-state index in [1.807, 2.05) is 18.3 Å². The summed E-state index contributed by atoms with van der Waals surface area (Å²) in [5.74, 6) is -3.07. The molecule has 0 radical (unpaired) electrons. The Kier molecular flexibility index (Phi) is 5.18. The molecule has 1 aliphatic carbocycles. The summed E-state index contributed by atoms with van der Waals surface area (Å²) >= 11 is 0. The van der Waals surface area contributed by atoms with Crippen LogP contribution < -0.4 is 0 Å². The molecule has 2 aromatic rings. The highest BCUT2D eigenvalue weighted by atomic mass is 35.7. The first-order chi connectivity index (χ1) is 13.3. The number of hydrogen-bond acceptors (Lipinski definition) is 4. The molecule has 28 heavy (non-hydrogen) atoms. The minimum Gasteiger partial charge on any atom is -0.289 e. The third kappa shape index (κ3) is 3.67. The first kappa shape index (κ1) is 19.7. The zero-order chi connectivity index (χ0) is 19.9. The molecule has 0 amide bonds. The summed E-state index contributed by atoms with van der Waals surface area (Å²) in [5, 5.41) is 0. The fourth-order valence-electron chi connectivity index (χ4n) is 4.51. The monoisotopic (exact) mass is 426 g/mol. The average molecular weight is 427 g/mol. The van der Waals surface area contributed by atoms with Crippen molar-refractivity contribution >= 4 is 19.7 Å². The van der Waals surface area contributed by atoms with Crippen molar-refractivity contribution in [2.24, 2.45) is 0 Å². The molecule has 2 heterocycles. The lowest BCUT2D eigenvalue weighted by Gasteiger charge is -2.45. The minimum absolute atomic E-state index is 0.114. The van der Waals surface area contributed by atoms with Gasteiger partial charge in [-0.2, -0.15) is 0 Å². The van der Waals surface area contributed by atoms with E-state index in [4.69, 9.17) is 10.7 Å². The zero-order valence-corrected chi connectivity index (χ0v) is 16.8. The zero-order valence-electron chi connectivity index (χ0n) is 15.2. The molecule has 4 rings (SSSR count). The lowest BCUT2D eigenvalue weighted by atomic mass is 9.82. The van der Waals surface area contributed by atoms with E-state index < -0.39 is 15.0 Å². The van der Waals surface area contributed by atoms with E-state index in [2.05, 4.69) is 9.88 Å². The van der Waals surface area contributed by atoms with Crippen molar-refractivity contribution in [3.05, 3.63) is 59.4 Å². The van der Waals surface area contributed by atoms with Crippen molar-refractivity contribution in [3.8, 4) is 0 Å². The quantitative estimate of drug-likeness (QED) is 0.636. The van der Waals surface area contributed by atoms with E-state index >= 15 is 0 Å². The third-order valence-electron chi connectivity index (χ3n) is 5.80. The number of hydrogen-bond donors (Lipinski definition) is 0. The van der Waals surface area contributed by atoms with Gasteiger partial charge in [0.1, 0.15) is 0 Å². The molecule has 2 atom stereocenters. The number of likely N-dealkylation sites (tertiary alicyclic amines) is 1. The second-order valence-corrected chi connectivity index (χ2v) is 10.0. The van der Waals surface area contributed by atoms with Gasteiger partial charge in [0, 0.05) is 47.1 Å². The Labute approximate surface area is 168 Å². The fourth-order valence-corrected chi connectivity index (χ4v) is 5.28. The maximum absolute atomic E-state index is 14.7. The van der Waals surface area contributed by atoms with E-state index in [1.165, 1.54) is 12.1 Å². The van der Waals surface area contributed by atoms with Crippen LogP contribution >= 0.6 is 10.7 Å². The Morgan fingerprint density at radius 1 is 1.14 bits per heavy atom. The standard InChI is InChI=1S/C20H21ClF2N2O2S/c21-28(26,27)15-6-7-16-17(12-15)20(22,23)9-8-19(16)25-11-2-1-5-18(25)14-4-3-10-24-13-14/h3-4,6-7,10,12-13,18-19H,1-2,5,8-9,11H2/t18-,19?/m0/s1. The molecule has 1 fully saturated rings. The summed E-state index contributed by atoms with van der Waals surface area (Å²) in [6, 6.07) is 7.73. The van der Waals surface area contributed by atoms with Crippen molar-refractivity contribution in [1.29, 1.82) is 0 Å².